The molecule has 218 valence electrons. The summed E-state index contributed by atoms with van der Waals surface area (Å²) in [5.41, 5.74) is 3.04. The van der Waals surface area contributed by atoms with Gasteiger partial charge >= 0.3 is 0 Å². The van der Waals surface area contributed by atoms with E-state index in [4.69, 9.17) is 4.74 Å². The van der Waals surface area contributed by atoms with Gasteiger partial charge in [0.15, 0.2) is 0 Å². The Hall–Kier alpha value is -2.33. The molecule has 0 aliphatic carbocycles. The lowest BCUT2D eigenvalue weighted by Crippen LogP contribution is -2.45. The molecule has 4 heteroatoms. The summed E-state index contributed by atoms with van der Waals surface area (Å²) in [6, 6.07) is 16.2. The van der Waals surface area contributed by atoms with Crippen molar-refractivity contribution >= 4 is 11.4 Å². The highest BCUT2D eigenvalue weighted by Crippen LogP contribution is 2.25. The fourth-order valence-electron chi connectivity index (χ4n) is 4.51. The molecule has 0 N–H and O–H groups in total. The van der Waals surface area contributed by atoms with Crippen molar-refractivity contribution in [1.82, 2.24) is 0 Å². The summed E-state index contributed by atoms with van der Waals surface area (Å²) in [5, 5.41) is 0. The Labute approximate surface area is 236 Å². The average molecular weight is 531 g/mol. The monoisotopic (exact) mass is 530 g/mol. The number of nitrogens with zero attached hydrogens (tertiary/aromatic N) is 2. The van der Waals surface area contributed by atoms with E-state index in [1.54, 1.807) is 6.07 Å². The summed E-state index contributed by atoms with van der Waals surface area (Å²) >= 11 is 0. The number of hydrogen-bond acceptors (Lipinski definition) is 3. The van der Waals surface area contributed by atoms with Gasteiger partial charge < -0.3 is 14.5 Å². The second-order valence-electron chi connectivity index (χ2n) is 8.82. The largest absolute Gasteiger partial charge is 0.372 e. The van der Waals surface area contributed by atoms with Gasteiger partial charge in [0.1, 0.15) is 5.82 Å². The summed E-state index contributed by atoms with van der Waals surface area (Å²) in [5.74, 6) is 0.769. The van der Waals surface area contributed by atoms with Crippen LogP contribution in [0.1, 0.15) is 87.1 Å². The summed E-state index contributed by atoms with van der Waals surface area (Å²) in [4.78, 5) is 4.59. The molecule has 0 radical (unpaired) electrons. The molecule has 2 aromatic rings. The first-order valence-corrected chi connectivity index (χ1v) is 14.9. The van der Waals surface area contributed by atoms with Crippen molar-refractivity contribution < 1.29 is 9.13 Å². The first-order chi connectivity index (χ1) is 18.5. The third-order valence-electron chi connectivity index (χ3n) is 6.08. The zero-order chi connectivity index (χ0) is 29.5. The third kappa shape index (κ3) is 14.0. The standard InChI is InChI=1S/C13H18FNO.C13H19N.3C2H6.C2H4/c1-9-4-5-13(12(14)6-9)15-7-10(2)16-11(3)8-15;1-2-12-7-6-10-14(11-12)13-8-4-3-5-9-13;4*1-2/h4-6,10-11H,7-8H2,1-3H3;3-5,8-9,12H,2,6-7,10-11H2,1H3;3*1-2H3;1-2H2/t10-,11+;12-;;;;/m.1..../s1. The Morgan fingerprint density at radius 2 is 1.39 bits per heavy atom. The first kappa shape index (κ1) is 37.8. The third-order valence-corrected chi connectivity index (χ3v) is 6.08. The fraction of sp³-hybridized carbons (Fsp3) is 0.588. The second-order valence-corrected chi connectivity index (χ2v) is 8.82. The van der Waals surface area contributed by atoms with Gasteiger partial charge in [-0.1, -0.05) is 79.2 Å². The molecule has 2 heterocycles. The Bertz CT molecular complexity index is 788. The predicted octanol–water partition coefficient (Wildman–Crippen LogP) is 9.94. The quantitative estimate of drug-likeness (QED) is 0.367. The van der Waals surface area contributed by atoms with Gasteiger partial charge in [-0.25, -0.2) is 4.39 Å². The SMILES string of the molecule is C=C.CC.CC.CC.CC[C@@H]1CCCN(c2ccccc2)C1.Cc1ccc(N2C[C@@H](C)O[C@@H](C)C2)c(F)c1. The molecule has 3 nitrogen and oxygen atoms in total. The van der Waals surface area contributed by atoms with E-state index in [1.165, 1.54) is 38.0 Å². The van der Waals surface area contributed by atoms with Crippen LogP contribution in [0.3, 0.4) is 0 Å². The first-order valence-electron chi connectivity index (χ1n) is 14.9. The summed E-state index contributed by atoms with van der Waals surface area (Å²) in [6.45, 7) is 30.2. The lowest BCUT2D eigenvalue weighted by Gasteiger charge is -2.37. The zero-order valence-electron chi connectivity index (χ0n) is 26.4. The summed E-state index contributed by atoms with van der Waals surface area (Å²) in [6.07, 6.45) is 4.41. The van der Waals surface area contributed by atoms with Crippen LogP contribution in [0.15, 0.2) is 61.7 Å². The molecule has 0 spiro atoms. The van der Waals surface area contributed by atoms with E-state index in [9.17, 15) is 4.39 Å². The van der Waals surface area contributed by atoms with Gasteiger partial charge in [0, 0.05) is 31.9 Å². The lowest BCUT2D eigenvalue weighted by atomic mass is 9.95. The Morgan fingerprint density at radius 1 is 0.842 bits per heavy atom. The van der Waals surface area contributed by atoms with Crippen LogP contribution in [0, 0.1) is 18.7 Å². The number of aryl methyl sites for hydroxylation is 1. The van der Waals surface area contributed by atoms with Gasteiger partial charge in [-0.3, -0.25) is 0 Å². The highest BCUT2D eigenvalue weighted by molar-refractivity contribution is 5.49. The van der Waals surface area contributed by atoms with Gasteiger partial charge in [0.05, 0.1) is 17.9 Å². The van der Waals surface area contributed by atoms with Gasteiger partial charge in [-0.15, -0.1) is 13.2 Å². The Morgan fingerprint density at radius 3 is 1.89 bits per heavy atom. The smallest absolute Gasteiger partial charge is 0.146 e. The minimum absolute atomic E-state index is 0.138. The molecular weight excluding hydrogens is 471 g/mol. The van der Waals surface area contributed by atoms with Crippen LogP contribution in [0.25, 0.3) is 0 Å². The summed E-state index contributed by atoms with van der Waals surface area (Å²) in [7, 11) is 0. The number of morpholine rings is 1. The van der Waals surface area contributed by atoms with Crippen LogP contribution in [0.4, 0.5) is 15.8 Å². The molecule has 4 rings (SSSR count). The van der Waals surface area contributed by atoms with Crippen LogP contribution in [-0.2, 0) is 4.74 Å². The van der Waals surface area contributed by atoms with Crippen molar-refractivity contribution in [3.63, 3.8) is 0 Å². The van der Waals surface area contributed by atoms with Crippen molar-refractivity contribution in [2.24, 2.45) is 5.92 Å². The molecule has 2 saturated heterocycles. The minimum Gasteiger partial charge on any atom is -0.372 e. The Kier molecular flexibility index (Phi) is 23.7. The Balaban J connectivity index is 0. The van der Waals surface area contributed by atoms with E-state index in [0.717, 1.165) is 24.6 Å². The van der Waals surface area contributed by atoms with Crippen molar-refractivity contribution in [1.29, 1.82) is 0 Å². The summed E-state index contributed by atoms with van der Waals surface area (Å²) < 4.78 is 19.4. The van der Waals surface area contributed by atoms with Crippen molar-refractivity contribution in [3.8, 4) is 0 Å². The van der Waals surface area contributed by atoms with Crippen LogP contribution in [0.2, 0.25) is 0 Å². The number of anilines is 2. The zero-order valence-corrected chi connectivity index (χ0v) is 26.4. The molecule has 0 aromatic heterocycles. The fourth-order valence-corrected chi connectivity index (χ4v) is 4.51. The van der Waals surface area contributed by atoms with E-state index in [-0.39, 0.29) is 18.0 Å². The maximum absolute atomic E-state index is 13.8. The van der Waals surface area contributed by atoms with Crippen molar-refractivity contribution in [3.05, 3.63) is 73.1 Å². The van der Waals surface area contributed by atoms with E-state index >= 15 is 0 Å². The predicted molar refractivity (Wildman–Crippen MR) is 170 cm³/mol. The van der Waals surface area contributed by atoms with Crippen LogP contribution in [0.5, 0.6) is 0 Å². The molecule has 2 aromatic carbocycles. The molecule has 0 amide bonds. The van der Waals surface area contributed by atoms with Gasteiger partial charge in [0.2, 0.25) is 0 Å². The molecule has 2 aliphatic rings. The van der Waals surface area contributed by atoms with E-state index in [1.807, 2.05) is 74.4 Å². The molecule has 38 heavy (non-hydrogen) atoms. The van der Waals surface area contributed by atoms with Crippen LogP contribution >= 0.6 is 0 Å². The second kappa shape index (κ2) is 23.8. The highest BCUT2D eigenvalue weighted by atomic mass is 19.1. The maximum atomic E-state index is 13.8. The topological polar surface area (TPSA) is 15.7 Å². The molecule has 3 atom stereocenters. The van der Waals surface area contributed by atoms with Crippen LogP contribution in [-0.4, -0.2) is 38.4 Å². The van der Waals surface area contributed by atoms with Gasteiger partial charge in [-0.2, -0.15) is 0 Å². The number of hydrogen-bond donors (Lipinski definition) is 0. The lowest BCUT2D eigenvalue weighted by molar-refractivity contribution is -0.00539. The van der Waals surface area contributed by atoms with Crippen molar-refractivity contribution in [2.75, 3.05) is 36.0 Å². The van der Waals surface area contributed by atoms with E-state index in [0.29, 0.717) is 5.69 Å². The van der Waals surface area contributed by atoms with E-state index in [2.05, 4.69) is 60.2 Å². The minimum atomic E-state index is -0.138. The number of halogens is 1. The molecule has 0 saturated carbocycles. The maximum Gasteiger partial charge on any atom is 0.146 e. The van der Waals surface area contributed by atoms with Gasteiger partial charge in [0.25, 0.3) is 0 Å². The van der Waals surface area contributed by atoms with Crippen LogP contribution < -0.4 is 9.80 Å². The van der Waals surface area contributed by atoms with E-state index < -0.39 is 0 Å². The number of para-hydroxylation sites is 1. The number of piperidine rings is 1. The normalized spacial score (nSPS) is 19.7. The molecule has 0 bridgehead atoms. The average Bonchev–Trinajstić information content (AvgIpc) is 2.97. The number of benzene rings is 2. The molecular formula is C34H59FN2O. The molecule has 0 unspecified atom stereocenters. The van der Waals surface area contributed by atoms with Crippen molar-refractivity contribution in [2.45, 2.75) is 101 Å². The highest BCUT2D eigenvalue weighted by Gasteiger charge is 2.24. The molecule has 2 aliphatic heterocycles. The van der Waals surface area contributed by atoms with Gasteiger partial charge in [-0.05, 0) is 69.4 Å². The number of ether oxygens (including phenoxy) is 1. The molecule has 2 fully saturated rings. The number of rotatable bonds is 3.